The van der Waals surface area contributed by atoms with Crippen molar-refractivity contribution in [3.63, 3.8) is 0 Å². The van der Waals surface area contributed by atoms with E-state index in [0.29, 0.717) is 5.56 Å². The lowest BCUT2D eigenvalue weighted by Crippen LogP contribution is -2.19. The molecule has 1 aromatic carbocycles. The predicted molar refractivity (Wildman–Crippen MR) is 69.1 cm³/mol. The number of aromatic amines is 1. The van der Waals surface area contributed by atoms with Gasteiger partial charge in [0.05, 0.1) is 20.9 Å². The Morgan fingerprint density at radius 1 is 1.21 bits per heavy atom. The van der Waals surface area contributed by atoms with Gasteiger partial charge in [-0.15, -0.1) is 0 Å². The summed E-state index contributed by atoms with van der Waals surface area (Å²) in [6.45, 7) is 2.73. The van der Waals surface area contributed by atoms with Crippen molar-refractivity contribution in [1.82, 2.24) is 4.98 Å². The Morgan fingerprint density at radius 3 is 2.32 bits per heavy atom. The zero-order chi connectivity index (χ0) is 14.5. The summed E-state index contributed by atoms with van der Waals surface area (Å²) in [6, 6.07) is 1.41. The molecule has 2 nitrogen and oxygen atoms in total. The van der Waals surface area contributed by atoms with Crippen LogP contribution in [-0.4, -0.2) is 4.98 Å². The average Bonchev–Trinajstić information content (AvgIpc) is 2.28. The zero-order valence-corrected chi connectivity index (χ0v) is 11.4. The van der Waals surface area contributed by atoms with Crippen LogP contribution in [-0.2, 0) is 6.18 Å². The van der Waals surface area contributed by atoms with Crippen molar-refractivity contribution in [3.05, 3.63) is 43.2 Å². The first-order chi connectivity index (χ1) is 8.64. The molecular weight excluding hydrogens is 302 g/mol. The molecule has 0 bridgehead atoms. The van der Waals surface area contributed by atoms with E-state index in [2.05, 4.69) is 4.98 Å². The summed E-state index contributed by atoms with van der Waals surface area (Å²) in [7, 11) is 0. The maximum atomic E-state index is 12.8. The van der Waals surface area contributed by atoms with E-state index in [9.17, 15) is 18.0 Å². The summed E-state index contributed by atoms with van der Waals surface area (Å²) in [6.07, 6.45) is -4.65. The molecule has 0 aliphatic rings. The van der Waals surface area contributed by atoms with Gasteiger partial charge in [0, 0.05) is 5.56 Å². The minimum absolute atomic E-state index is 0.0165. The summed E-state index contributed by atoms with van der Waals surface area (Å²) in [5.41, 5.74) is -1.86. The molecule has 0 fully saturated rings. The largest absolute Gasteiger partial charge is 0.431 e. The highest BCUT2D eigenvalue weighted by molar-refractivity contribution is 6.40. The number of aryl methyl sites for hydroxylation is 1. The molecule has 0 radical (unpaired) electrons. The molecule has 0 atom stereocenters. The monoisotopic (exact) mass is 309 g/mol. The van der Waals surface area contributed by atoms with E-state index in [1.165, 1.54) is 6.07 Å². The smallest absolute Gasteiger partial charge is 0.349 e. The lowest BCUT2D eigenvalue weighted by molar-refractivity contribution is -0.141. The fourth-order valence-corrected chi connectivity index (χ4v) is 2.43. The first kappa shape index (κ1) is 14.2. The Kier molecular flexibility index (Phi) is 3.31. The molecule has 0 amide bonds. The van der Waals surface area contributed by atoms with Crippen LogP contribution in [0.4, 0.5) is 13.2 Å². The number of hydrogen-bond donors (Lipinski definition) is 1. The lowest BCUT2D eigenvalue weighted by Gasteiger charge is -2.13. The van der Waals surface area contributed by atoms with Crippen LogP contribution in [0.15, 0.2) is 10.9 Å². The van der Waals surface area contributed by atoms with Crippen LogP contribution in [0, 0.1) is 13.8 Å². The van der Waals surface area contributed by atoms with Crippen molar-refractivity contribution in [2.24, 2.45) is 0 Å². The average molecular weight is 310 g/mol. The lowest BCUT2D eigenvalue weighted by atomic mass is 10.1. The normalized spacial score (nSPS) is 12.2. The van der Waals surface area contributed by atoms with Gasteiger partial charge in [0.25, 0.3) is 0 Å². The van der Waals surface area contributed by atoms with Crippen molar-refractivity contribution in [1.29, 1.82) is 0 Å². The van der Waals surface area contributed by atoms with E-state index in [1.807, 2.05) is 0 Å². The van der Waals surface area contributed by atoms with Crippen molar-refractivity contribution in [3.8, 4) is 0 Å². The molecule has 1 heterocycles. The third-order valence-corrected chi connectivity index (χ3v) is 3.66. The molecule has 1 aromatic heterocycles. The van der Waals surface area contributed by atoms with Crippen LogP contribution in [0.1, 0.15) is 16.8 Å². The summed E-state index contributed by atoms with van der Waals surface area (Å²) in [4.78, 5) is 14.2. The molecule has 0 aliphatic carbocycles. The van der Waals surface area contributed by atoms with Crippen molar-refractivity contribution in [2.45, 2.75) is 20.0 Å². The van der Waals surface area contributed by atoms with Gasteiger partial charge in [-0.25, -0.2) is 0 Å². The van der Waals surface area contributed by atoms with Gasteiger partial charge in [-0.2, -0.15) is 13.2 Å². The minimum Gasteiger partial charge on any atom is -0.349 e. The van der Waals surface area contributed by atoms with Gasteiger partial charge in [0.1, 0.15) is 5.69 Å². The van der Waals surface area contributed by atoms with Crippen LogP contribution < -0.4 is 5.43 Å². The standard InChI is InChI=1S/C12H8Cl2F3NO/c1-4-3-6(13)9-7(8(4)14)10(19)5(2)11(18-9)12(15,16)17/h3H,1-2H3,(H,18,19). The van der Waals surface area contributed by atoms with Crippen LogP contribution in [0.3, 0.4) is 0 Å². The highest BCUT2D eigenvalue weighted by Crippen LogP contribution is 2.34. The van der Waals surface area contributed by atoms with E-state index in [1.54, 1.807) is 6.92 Å². The number of benzene rings is 1. The van der Waals surface area contributed by atoms with Crippen molar-refractivity contribution < 1.29 is 13.2 Å². The fraction of sp³-hybridized carbons (Fsp3) is 0.250. The molecule has 0 aliphatic heterocycles. The Morgan fingerprint density at radius 2 is 1.79 bits per heavy atom. The van der Waals surface area contributed by atoms with Crippen LogP contribution in [0.2, 0.25) is 10.0 Å². The molecule has 19 heavy (non-hydrogen) atoms. The first-order valence-electron chi connectivity index (χ1n) is 5.23. The van der Waals surface area contributed by atoms with E-state index in [0.717, 1.165) is 6.92 Å². The third-order valence-electron chi connectivity index (χ3n) is 2.87. The Labute approximate surface area is 116 Å². The quantitative estimate of drug-likeness (QED) is 0.765. The van der Waals surface area contributed by atoms with Gasteiger partial charge in [0.15, 0.2) is 5.43 Å². The predicted octanol–water partition coefficient (Wildman–Crippen LogP) is 4.47. The highest BCUT2D eigenvalue weighted by Gasteiger charge is 2.35. The molecule has 2 rings (SSSR count). The van der Waals surface area contributed by atoms with Crippen LogP contribution in [0.25, 0.3) is 10.9 Å². The number of H-pyrrole nitrogens is 1. The molecule has 0 saturated heterocycles. The number of hydrogen-bond acceptors (Lipinski definition) is 1. The molecule has 1 N–H and O–H groups in total. The van der Waals surface area contributed by atoms with Gasteiger partial charge in [-0.05, 0) is 25.5 Å². The molecule has 2 aromatic rings. The molecular formula is C12H8Cl2F3NO. The van der Waals surface area contributed by atoms with E-state index < -0.39 is 22.9 Å². The second kappa shape index (κ2) is 4.42. The van der Waals surface area contributed by atoms with Crippen LogP contribution in [0.5, 0.6) is 0 Å². The van der Waals surface area contributed by atoms with Crippen molar-refractivity contribution >= 4 is 34.1 Å². The Hall–Kier alpha value is -1.20. The first-order valence-corrected chi connectivity index (χ1v) is 5.98. The number of aromatic nitrogens is 1. The third kappa shape index (κ3) is 2.21. The topological polar surface area (TPSA) is 32.9 Å². The van der Waals surface area contributed by atoms with E-state index in [-0.39, 0.29) is 20.9 Å². The Balaban J connectivity index is 3.06. The van der Waals surface area contributed by atoms with Gasteiger partial charge in [-0.3, -0.25) is 4.79 Å². The maximum Gasteiger partial charge on any atom is 0.431 e. The molecule has 0 unspecified atom stereocenters. The molecule has 0 saturated carbocycles. The van der Waals surface area contributed by atoms with Gasteiger partial charge < -0.3 is 4.98 Å². The van der Waals surface area contributed by atoms with E-state index >= 15 is 0 Å². The van der Waals surface area contributed by atoms with E-state index in [4.69, 9.17) is 23.2 Å². The number of pyridine rings is 1. The molecule has 0 spiro atoms. The maximum absolute atomic E-state index is 12.8. The summed E-state index contributed by atoms with van der Waals surface area (Å²) in [5, 5.41) is 0.120. The second-order valence-corrected chi connectivity index (χ2v) is 4.98. The molecule has 102 valence electrons. The van der Waals surface area contributed by atoms with Gasteiger partial charge >= 0.3 is 6.18 Å². The minimum atomic E-state index is -4.65. The number of alkyl halides is 3. The number of halogens is 5. The summed E-state index contributed by atoms with van der Waals surface area (Å²) < 4.78 is 38.5. The Bertz CT molecular complexity index is 735. The number of rotatable bonds is 0. The summed E-state index contributed by atoms with van der Waals surface area (Å²) in [5.74, 6) is 0. The fourth-order valence-electron chi connectivity index (χ4n) is 1.89. The van der Waals surface area contributed by atoms with Crippen molar-refractivity contribution in [2.75, 3.05) is 0 Å². The SMILES string of the molecule is Cc1cc(Cl)c2[nH]c(C(F)(F)F)c(C)c(=O)c2c1Cl. The second-order valence-electron chi connectivity index (χ2n) is 4.19. The highest BCUT2D eigenvalue weighted by atomic mass is 35.5. The summed E-state index contributed by atoms with van der Waals surface area (Å²) >= 11 is 11.9. The number of fused-ring (bicyclic) bond motifs is 1. The van der Waals surface area contributed by atoms with Gasteiger partial charge in [-0.1, -0.05) is 23.2 Å². The molecule has 7 heteroatoms. The van der Waals surface area contributed by atoms with Crippen LogP contribution >= 0.6 is 23.2 Å². The van der Waals surface area contributed by atoms with Gasteiger partial charge in [0.2, 0.25) is 0 Å². The zero-order valence-electron chi connectivity index (χ0n) is 9.88. The number of nitrogens with one attached hydrogen (secondary N) is 1.